The fourth-order valence-corrected chi connectivity index (χ4v) is 4.89. The van der Waals surface area contributed by atoms with Crippen LogP contribution in [0.2, 0.25) is 0 Å². The zero-order valence-electron chi connectivity index (χ0n) is 16.5. The zero-order chi connectivity index (χ0) is 23.5. The van der Waals surface area contributed by atoms with E-state index in [-0.39, 0.29) is 25.5 Å². The predicted molar refractivity (Wildman–Crippen MR) is 115 cm³/mol. The Kier molecular flexibility index (Phi) is 6.50. The maximum atomic E-state index is 12.6. The van der Waals surface area contributed by atoms with Crippen molar-refractivity contribution in [2.45, 2.75) is 16.0 Å². The summed E-state index contributed by atoms with van der Waals surface area (Å²) in [4.78, 5) is 37.8. The lowest BCUT2D eigenvalue weighted by molar-refractivity contribution is -0.384. The highest BCUT2D eigenvalue weighted by Crippen LogP contribution is 2.29. The van der Waals surface area contributed by atoms with Gasteiger partial charge >= 0.3 is 5.97 Å². The van der Waals surface area contributed by atoms with Crippen molar-refractivity contribution < 1.29 is 27.7 Å². The predicted octanol–water partition coefficient (Wildman–Crippen LogP) is 2.57. The smallest absolute Gasteiger partial charge is 0.338 e. The van der Waals surface area contributed by atoms with E-state index in [1.165, 1.54) is 12.1 Å². The second-order valence-corrected chi connectivity index (χ2v) is 9.64. The molecule has 0 saturated heterocycles. The first-order chi connectivity index (χ1) is 15.1. The van der Waals surface area contributed by atoms with E-state index in [9.17, 15) is 28.1 Å². The van der Waals surface area contributed by atoms with Crippen molar-refractivity contribution in [1.29, 1.82) is 0 Å². The van der Waals surface area contributed by atoms with Gasteiger partial charge < -0.3 is 10.5 Å². The third kappa shape index (κ3) is 5.07. The molecular formula is C19H16N4O7S2. The van der Waals surface area contributed by atoms with Gasteiger partial charge in [-0.1, -0.05) is 17.4 Å². The van der Waals surface area contributed by atoms with Crippen LogP contribution in [0.25, 0.3) is 0 Å². The van der Waals surface area contributed by atoms with Gasteiger partial charge in [0.25, 0.3) is 11.6 Å². The van der Waals surface area contributed by atoms with E-state index in [1.54, 1.807) is 13.0 Å². The number of carbonyl (C=O) groups excluding carboxylic acids is 2. The molecule has 0 atom stereocenters. The lowest BCUT2D eigenvalue weighted by atomic mass is 10.1. The molecule has 0 aliphatic heterocycles. The Balaban J connectivity index is 1.62. The maximum Gasteiger partial charge on any atom is 0.338 e. The van der Waals surface area contributed by atoms with E-state index in [0.29, 0.717) is 17.0 Å². The molecule has 0 bridgehead atoms. The van der Waals surface area contributed by atoms with Crippen molar-refractivity contribution in [2.75, 3.05) is 17.7 Å². The van der Waals surface area contributed by atoms with Crippen LogP contribution in [0.15, 0.2) is 57.8 Å². The van der Waals surface area contributed by atoms with E-state index in [2.05, 4.69) is 10.3 Å². The Labute approximate surface area is 185 Å². The highest BCUT2D eigenvalue weighted by Gasteiger charge is 2.22. The van der Waals surface area contributed by atoms with Gasteiger partial charge in [-0.25, -0.2) is 18.2 Å². The van der Waals surface area contributed by atoms with Gasteiger partial charge in [0.15, 0.2) is 11.7 Å². The second-order valence-electron chi connectivity index (χ2n) is 6.43. The van der Waals surface area contributed by atoms with Crippen LogP contribution in [0.3, 0.4) is 0 Å². The summed E-state index contributed by atoms with van der Waals surface area (Å²) >= 11 is 0.686. The molecule has 0 radical (unpaired) electrons. The molecule has 0 aliphatic rings. The summed E-state index contributed by atoms with van der Waals surface area (Å²) in [5.41, 5.74) is 6.89. The molecule has 0 saturated carbocycles. The van der Waals surface area contributed by atoms with E-state index < -0.39 is 33.2 Å². The third-order valence-corrected chi connectivity index (χ3v) is 7.35. The number of thiazole rings is 1. The van der Waals surface area contributed by atoms with Gasteiger partial charge in [0.2, 0.25) is 9.84 Å². The van der Waals surface area contributed by atoms with E-state index in [4.69, 9.17) is 10.5 Å². The number of nitrogens with one attached hydrogen (secondary N) is 1. The number of hydrogen-bond acceptors (Lipinski definition) is 10. The number of ether oxygens (including phenoxy) is 1. The molecular weight excluding hydrogens is 460 g/mol. The minimum Gasteiger partial charge on any atom is -0.452 e. The summed E-state index contributed by atoms with van der Waals surface area (Å²) in [5.74, 6) is -1.46. The number of nitro benzene ring substituents is 1. The summed E-state index contributed by atoms with van der Waals surface area (Å²) < 4.78 is 30.0. The molecule has 166 valence electrons. The van der Waals surface area contributed by atoms with Gasteiger partial charge in [-0.2, -0.15) is 0 Å². The van der Waals surface area contributed by atoms with Crippen LogP contribution in [0, 0.1) is 17.0 Å². The van der Waals surface area contributed by atoms with E-state index >= 15 is 0 Å². The number of benzene rings is 2. The molecule has 11 nitrogen and oxygen atoms in total. The first kappa shape index (κ1) is 22.8. The molecule has 1 heterocycles. The Hall–Kier alpha value is -3.84. The maximum absolute atomic E-state index is 12.6. The number of sulfone groups is 1. The fourth-order valence-electron chi connectivity index (χ4n) is 2.44. The number of nitrogens with two attached hydrogens (primary N) is 1. The number of carbonyl (C=O) groups is 2. The number of non-ortho nitro benzene ring substituents is 1. The van der Waals surface area contributed by atoms with Gasteiger partial charge in [-0.05, 0) is 36.8 Å². The Morgan fingerprint density at radius 2 is 1.91 bits per heavy atom. The molecule has 13 heteroatoms. The molecule has 0 aliphatic carbocycles. The van der Waals surface area contributed by atoms with Gasteiger partial charge in [-0.15, -0.1) is 0 Å². The van der Waals surface area contributed by atoms with Crippen LogP contribution in [-0.2, 0) is 19.4 Å². The summed E-state index contributed by atoms with van der Waals surface area (Å²) in [6, 6.07) is 8.98. The summed E-state index contributed by atoms with van der Waals surface area (Å²) in [6.07, 6.45) is 1.05. The third-order valence-electron chi connectivity index (χ3n) is 4.20. The normalized spacial score (nSPS) is 11.0. The number of aryl methyl sites for hydroxylation is 1. The highest BCUT2D eigenvalue weighted by molar-refractivity contribution is 7.93. The van der Waals surface area contributed by atoms with Crippen molar-refractivity contribution in [2.24, 2.45) is 0 Å². The number of nitrogen functional groups attached to an aromatic ring is 1. The number of esters is 1. The Morgan fingerprint density at radius 1 is 1.22 bits per heavy atom. The minimum atomic E-state index is -3.98. The average Bonchev–Trinajstić information content (AvgIpc) is 3.23. The first-order valence-electron chi connectivity index (χ1n) is 8.86. The largest absolute Gasteiger partial charge is 0.452 e. The number of anilines is 2. The van der Waals surface area contributed by atoms with Crippen molar-refractivity contribution in [3.05, 3.63) is 69.9 Å². The lowest BCUT2D eigenvalue weighted by Gasteiger charge is -2.06. The van der Waals surface area contributed by atoms with Crippen LogP contribution >= 0.6 is 11.3 Å². The number of hydrogen-bond donors (Lipinski definition) is 2. The minimum absolute atomic E-state index is 0.0221. The van der Waals surface area contributed by atoms with Gasteiger partial charge in [0.1, 0.15) is 4.21 Å². The van der Waals surface area contributed by atoms with Crippen molar-refractivity contribution in [3.63, 3.8) is 0 Å². The Bertz CT molecular complexity index is 1300. The molecule has 1 amide bonds. The summed E-state index contributed by atoms with van der Waals surface area (Å²) in [5, 5.41) is 13.0. The molecule has 1 aromatic heterocycles. The van der Waals surface area contributed by atoms with Crippen LogP contribution in [-0.4, -0.2) is 36.8 Å². The van der Waals surface area contributed by atoms with Crippen molar-refractivity contribution >= 4 is 49.6 Å². The average molecular weight is 476 g/mol. The number of aromatic nitrogens is 1. The molecule has 3 rings (SSSR count). The zero-order valence-corrected chi connectivity index (χ0v) is 18.1. The Morgan fingerprint density at radius 3 is 2.53 bits per heavy atom. The van der Waals surface area contributed by atoms with Gasteiger partial charge in [0.05, 0.1) is 21.6 Å². The number of nitro groups is 1. The second kappa shape index (κ2) is 9.11. The monoisotopic (exact) mass is 476 g/mol. The van der Waals surface area contributed by atoms with Crippen LogP contribution < -0.4 is 11.1 Å². The molecule has 0 unspecified atom stereocenters. The molecule has 2 aromatic carbocycles. The molecule has 3 N–H and O–H groups in total. The quantitative estimate of drug-likeness (QED) is 0.225. The van der Waals surface area contributed by atoms with Crippen molar-refractivity contribution in [3.8, 4) is 0 Å². The van der Waals surface area contributed by atoms with E-state index in [0.717, 1.165) is 36.0 Å². The number of amides is 1. The fraction of sp³-hybridized carbons (Fsp3) is 0.105. The van der Waals surface area contributed by atoms with Crippen LogP contribution in [0.1, 0.15) is 15.9 Å². The topological polar surface area (TPSA) is 172 Å². The van der Waals surface area contributed by atoms with E-state index in [1.807, 2.05) is 0 Å². The first-order valence-corrected chi connectivity index (χ1v) is 11.2. The van der Waals surface area contributed by atoms with Crippen LogP contribution in [0.4, 0.5) is 16.5 Å². The summed E-state index contributed by atoms with van der Waals surface area (Å²) in [7, 11) is -3.98. The van der Waals surface area contributed by atoms with Crippen molar-refractivity contribution in [1.82, 2.24) is 4.98 Å². The number of rotatable bonds is 7. The molecule has 3 aromatic rings. The standard InChI is InChI=1S/C19H16N4O7S2/c1-11-2-3-12(8-15(11)20)18(25)30-10-16(24)22-19-21-9-17(31-19)32(28,29)14-6-4-13(5-7-14)23(26)27/h2-9H,10,20H2,1H3,(H,21,22,24). The summed E-state index contributed by atoms with van der Waals surface area (Å²) in [6.45, 7) is 1.17. The van der Waals surface area contributed by atoms with Gasteiger partial charge in [-0.3, -0.25) is 20.2 Å². The molecule has 32 heavy (non-hydrogen) atoms. The number of nitrogens with zero attached hydrogens (tertiary/aromatic N) is 2. The molecule has 0 fully saturated rings. The molecule has 0 spiro atoms. The highest BCUT2D eigenvalue weighted by atomic mass is 32.2. The van der Waals surface area contributed by atoms with Crippen LogP contribution in [0.5, 0.6) is 0 Å². The lowest BCUT2D eigenvalue weighted by Crippen LogP contribution is -2.20. The van der Waals surface area contributed by atoms with Gasteiger partial charge in [0, 0.05) is 17.8 Å². The SMILES string of the molecule is Cc1ccc(C(=O)OCC(=O)Nc2ncc(S(=O)(=O)c3ccc([N+](=O)[O-])cc3)s2)cc1N.